The summed E-state index contributed by atoms with van der Waals surface area (Å²) in [5, 5.41) is 6.99. The van der Waals surface area contributed by atoms with Crippen LogP contribution in [0.2, 0.25) is 0 Å². The average Bonchev–Trinajstić information content (AvgIpc) is 3.19. The zero-order valence-corrected chi connectivity index (χ0v) is 18.2. The van der Waals surface area contributed by atoms with Crippen LogP contribution in [0.3, 0.4) is 0 Å². The minimum atomic E-state index is -1.26. The van der Waals surface area contributed by atoms with Crippen molar-refractivity contribution < 1.29 is 19.1 Å². The smallest absolute Gasteiger partial charge is 0.239 e. The number of Topliss-reactive ketones (excluding diaryl/α,β-unsaturated/α-hetero) is 1. The summed E-state index contributed by atoms with van der Waals surface area (Å²) in [7, 11) is 1.62. The van der Waals surface area contributed by atoms with Gasteiger partial charge in [0.2, 0.25) is 17.6 Å². The van der Waals surface area contributed by atoms with E-state index in [0.717, 1.165) is 16.9 Å². The van der Waals surface area contributed by atoms with Crippen molar-refractivity contribution in [1.82, 2.24) is 24.9 Å². The minimum Gasteiger partial charge on any atom is -0.496 e. The molecule has 1 N–H and O–H groups in total. The van der Waals surface area contributed by atoms with Crippen LogP contribution in [0, 0.1) is 0 Å². The summed E-state index contributed by atoms with van der Waals surface area (Å²) in [6.45, 7) is 6.05. The van der Waals surface area contributed by atoms with E-state index in [1.165, 1.54) is 4.90 Å². The van der Waals surface area contributed by atoms with E-state index in [2.05, 4.69) is 10.4 Å². The summed E-state index contributed by atoms with van der Waals surface area (Å²) in [5.41, 5.74) is -0.292. The van der Waals surface area contributed by atoms with E-state index in [1.807, 2.05) is 30.5 Å². The number of ether oxygens (including phenoxy) is 1. The van der Waals surface area contributed by atoms with Crippen LogP contribution in [0.4, 0.5) is 0 Å². The maximum atomic E-state index is 13.0. The van der Waals surface area contributed by atoms with Gasteiger partial charge in [-0.2, -0.15) is 5.10 Å². The molecule has 31 heavy (non-hydrogen) atoms. The summed E-state index contributed by atoms with van der Waals surface area (Å²) in [6.07, 6.45) is 3.59. The van der Waals surface area contributed by atoms with Crippen molar-refractivity contribution >= 4 is 17.6 Å². The van der Waals surface area contributed by atoms with Crippen molar-refractivity contribution in [2.75, 3.05) is 20.2 Å². The summed E-state index contributed by atoms with van der Waals surface area (Å²) in [4.78, 5) is 41.5. The molecule has 1 aromatic heterocycles. The number of ketones is 1. The topological polar surface area (TPSA) is 96.8 Å². The molecule has 3 heterocycles. The van der Waals surface area contributed by atoms with Crippen molar-refractivity contribution in [3.63, 3.8) is 0 Å². The second kappa shape index (κ2) is 7.49. The van der Waals surface area contributed by atoms with E-state index < -0.39 is 11.2 Å². The Balaban J connectivity index is 1.55. The third kappa shape index (κ3) is 3.59. The molecular formula is C22H27N5O4. The second-order valence-corrected chi connectivity index (χ2v) is 8.73. The number of rotatable bonds is 5. The highest BCUT2D eigenvalue weighted by molar-refractivity contribution is 6.10. The maximum absolute atomic E-state index is 13.0. The van der Waals surface area contributed by atoms with E-state index in [9.17, 15) is 14.4 Å². The molecule has 1 aromatic carbocycles. The number of hydrogen-bond donors (Lipinski definition) is 1. The third-order valence-corrected chi connectivity index (χ3v) is 6.00. The van der Waals surface area contributed by atoms with Crippen molar-refractivity contribution in [2.45, 2.75) is 45.1 Å². The number of fused-ring (bicyclic) bond motifs is 1. The number of carbonyl (C=O) groups excluding carboxylic acids is 3. The van der Waals surface area contributed by atoms with Crippen molar-refractivity contribution in [1.29, 1.82) is 0 Å². The highest BCUT2D eigenvalue weighted by atomic mass is 16.5. The number of benzene rings is 1. The van der Waals surface area contributed by atoms with Gasteiger partial charge in [-0.1, -0.05) is 6.07 Å². The van der Waals surface area contributed by atoms with Crippen LogP contribution in [-0.4, -0.2) is 68.6 Å². The molecule has 0 spiro atoms. The number of aromatic nitrogens is 2. The number of methoxy groups -OCH3 is 1. The van der Waals surface area contributed by atoms with Crippen molar-refractivity contribution in [2.24, 2.45) is 0 Å². The fraction of sp³-hybridized carbons (Fsp3) is 0.455. The molecule has 2 fully saturated rings. The third-order valence-electron chi connectivity index (χ3n) is 6.00. The van der Waals surface area contributed by atoms with Crippen LogP contribution < -0.4 is 10.1 Å². The van der Waals surface area contributed by atoms with Crippen molar-refractivity contribution in [3.05, 3.63) is 47.8 Å². The Morgan fingerprint density at radius 1 is 1.13 bits per heavy atom. The Kier molecular flexibility index (Phi) is 5.09. The molecule has 2 aromatic rings. The predicted molar refractivity (Wildman–Crippen MR) is 112 cm³/mol. The van der Waals surface area contributed by atoms with E-state index in [1.54, 1.807) is 43.7 Å². The lowest BCUT2D eigenvalue weighted by Gasteiger charge is -2.60. The van der Waals surface area contributed by atoms with E-state index >= 15 is 0 Å². The standard InChI is InChI=1S/C22H27N5O4/c1-21(2)20(30)22(3)24-18(28)13-25(14-19(29)27(21)22)11-15-6-7-17(31-4)16(10-15)12-26-9-5-8-23-26/h5-10H,11-14H2,1-4H3,(H,24,28). The van der Waals surface area contributed by atoms with Crippen LogP contribution in [0.1, 0.15) is 31.9 Å². The van der Waals surface area contributed by atoms with Crippen LogP contribution in [0.25, 0.3) is 0 Å². The quantitative estimate of drug-likeness (QED) is 0.761. The van der Waals surface area contributed by atoms with Crippen molar-refractivity contribution in [3.8, 4) is 5.75 Å². The van der Waals surface area contributed by atoms with Gasteiger partial charge in [0.15, 0.2) is 5.66 Å². The number of amides is 2. The Bertz CT molecular complexity index is 1030. The maximum Gasteiger partial charge on any atom is 0.239 e. The van der Waals surface area contributed by atoms with Gasteiger partial charge in [-0.25, -0.2) is 0 Å². The zero-order valence-electron chi connectivity index (χ0n) is 18.2. The molecule has 2 aliphatic rings. The molecule has 1 unspecified atom stereocenters. The molecule has 2 aliphatic heterocycles. The lowest BCUT2D eigenvalue weighted by atomic mass is 9.75. The fourth-order valence-corrected chi connectivity index (χ4v) is 4.80. The lowest BCUT2D eigenvalue weighted by molar-refractivity contribution is -0.189. The van der Waals surface area contributed by atoms with Gasteiger partial charge in [-0.05, 0) is 44.5 Å². The fourth-order valence-electron chi connectivity index (χ4n) is 4.80. The highest BCUT2D eigenvalue weighted by Crippen LogP contribution is 2.40. The van der Waals surface area contributed by atoms with Gasteiger partial charge in [0, 0.05) is 24.5 Å². The second-order valence-electron chi connectivity index (χ2n) is 8.73. The van der Waals surface area contributed by atoms with Gasteiger partial charge in [-0.3, -0.25) is 28.9 Å². The van der Waals surface area contributed by atoms with Gasteiger partial charge in [0.25, 0.3) is 0 Å². The van der Waals surface area contributed by atoms with Crippen LogP contribution >= 0.6 is 0 Å². The molecule has 0 radical (unpaired) electrons. The molecule has 164 valence electrons. The molecular weight excluding hydrogens is 398 g/mol. The van der Waals surface area contributed by atoms with Gasteiger partial charge in [0.1, 0.15) is 11.3 Å². The SMILES string of the molecule is COc1ccc(CN2CC(=O)NC3(C)C(=O)C(C)(C)N3C(=O)C2)cc1Cn1cccn1. The Hall–Kier alpha value is -3.20. The average molecular weight is 425 g/mol. The number of nitrogens with one attached hydrogen (secondary N) is 1. The van der Waals surface area contributed by atoms with E-state index in [-0.39, 0.29) is 30.7 Å². The van der Waals surface area contributed by atoms with Crippen LogP contribution in [0.5, 0.6) is 5.75 Å². The number of carbonyl (C=O) groups is 3. The van der Waals surface area contributed by atoms with Gasteiger partial charge >= 0.3 is 0 Å². The first kappa shape index (κ1) is 21.0. The molecule has 9 heteroatoms. The summed E-state index contributed by atoms with van der Waals surface area (Å²) in [6, 6.07) is 7.67. The van der Waals surface area contributed by atoms with Crippen LogP contribution in [0.15, 0.2) is 36.7 Å². The monoisotopic (exact) mass is 425 g/mol. The van der Waals surface area contributed by atoms with Crippen LogP contribution in [-0.2, 0) is 27.5 Å². The van der Waals surface area contributed by atoms with E-state index in [0.29, 0.717) is 13.1 Å². The molecule has 0 aliphatic carbocycles. The first-order valence-corrected chi connectivity index (χ1v) is 10.2. The molecule has 2 saturated heterocycles. The summed E-state index contributed by atoms with van der Waals surface area (Å²) in [5.74, 6) is 0.123. The first-order chi connectivity index (χ1) is 14.6. The predicted octanol–water partition coefficient (Wildman–Crippen LogP) is 0.778. The minimum absolute atomic E-state index is 0.0311. The Labute approximate surface area is 180 Å². The normalized spacial score (nSPS) is 23.5. The molecule has 2 amide bonds. The molecule has 0 bridgehead atoms. The Morgan fingerprint density at radius 2 is 1.90 bits per heavy atom. The summed E-state index contributed by atoms with van der Waals surface area (Å²) < 4.78 is 7.28. The zero-order chi connectivity index (χ0) is 22.4. The Morgan fingerprint density at radius 3 is 2.58 bits per heavy atom. The molecule has 0 saturated carbocycles. The molecule has 1 atom stereocenters. The molecule has 4 rings (SSSR count). The highest BCUT2D eigenvalue weighted by Gasteiger charge is 2.65. The molecule has 9 nitrogen and oxygen atoms in total. The largest absolute Gasteiger partial charge is 0.496 e. The lowest BCUT2D eigenvalue weighted by Crippen LogP contribution is -2.86. The van der Waals surface area contributed by atoms with Gasteiger partial charge < -0.3 is 10.1 Å². The first-order valence-electron chi connectivity index (χ1n) is 10.2. The van der Waals surface area contributed by atoms with E-state index in [4.69, 9.17) is 4.74 Å². The van der Waals surface area contributed by atoms with Gasteiger partial charge in [-0.15, -0.1) is 0 Å². The number of hydrogen-bond acceptors (Lipinski definition) is 6. The number of nitrogens with zero attached hydrogens (tertiary/aromatic N) is 4. The van der Waals surface area contributed by atoms with Gasteiger partial charge in [0.05, 0.1) is 26.7 Å². The summed E-state index contributed by atoms with van der Waals surface area (Å²) >= 11 is 0.